The minimum atomic E-state index is -0.887. The summed E-state index contributed by atoms with van der Waals surface area (Å²) in [6.07, 6.45) is 1.05. The molecule has 2 atom stereocenters. The second-order valence-corrected chi connectivity index (χ2v) is 10.8. The van der Waals surface area contributed by atoms with Gasteiger partial charge < -0.3 is 20.2 Å². The molecule has 2 fully saturated rings. The van der Waals surface area contributed by atoms with Crippen LogP contribution in [0.5, 0.6) is 5.75 Å². The van der Waals surface area contributed by atoms with Crippen molar-refractivity contribution in [1.29, 1.82) is 0 Å². The first-order valence-electron chi connectivity index (χ1n) is 14.2. The molecule has 5 rings (SSSR count). The molecule has 0 bridgehead atoms. The maximum Gasteiger partial charge on any atom is 0.334 e. The normalized spacial score (nSPS) is 18.8. The number of hydrogen-bond acceptors (Lipinski definition) is 6. The van der Waals surface area contributed by atoms with E-state index >= 15 is 0 Å². The lowest BCUT2D eigenvalue weighted by Gasteiger charge is -2.55. The van der Waals surface area contributed by atoms with Crippen molar-refractivity contribution in [1.82, 2.24) is 25.1 Å². The lowest BCUT2D eigenvalue weighted by Crippen LogP contribution is -2.76. The van der Waals surface area contributed by atoms with Gasteiger partial charge in [-0.2, -0.15) is 0 Å². The number of hydrogen-bond donors (Lipinski definition) is 2. The maximum atomic E-state index is 14.1. The number of ketones is 1. The molecule has 2 aliphatic rings. The van der Waals surface area contributed by atoms with Crippen LogP contribution in [0.25, 0.3) is 0 Å². The molecule has 10 nitrogen and oxygen atoms in total. The van der Waals surface area contributed by atoms with Gasteiger partial charge in [0.15, 0.2) is 5.78 Å². The first kappa shape index (κ1) is 29.5. The lowest BCUT2D eigenvalue weighted by molar-refractivity contribution is -0.189. The molecule has 4 amide bonds. The standard InChI is InChI=1S/C33H35N5O5/c1-3-16-36-22-31(41)37-29(18-24-12-14-28(40)15-13-24)32(42)35(20-26-10-7-11-27(17-26)23(2)39)21-30(37)38(36)33(43)34-19-25-8-5-4-6-9-25/h3-15,17,29-30,40H,1,16,18-22H2,2H3,(H,34,43). The number of hydrazine groups is 1. The van der Waals surface area contributed by atoms with E-state index < -0.39 is 18.2 Å². The molecule has 10 heteroatoms. The van der Waals surface area contributed by atoms with Gasteiger partial charge in [0, 0.05) is 31.6 Å². The van der Waals surface area contributed by atoms with Gasteiger partial charge in [-0.05, 0) is 41.8 Å². The molecule has 0 aromatic heterocycles. The maximum absolute atomic E-state index is 14.1. The summed E-state index contributed by atoms with van der Waals surface area (Å²) in [5.41, 5.74) is 2.99. The minimum Gasteiger partial charge on any atom is -0.508 e. The Morgan fingerprint density at radius 1 is 0.977 bits per heavy atom. The number of carbonyl (C=O) groups excluding carboxylic acids is 4. The Labute approximate surface area is 250 Å². The van der Waals surface area contributed by atoms with Gasteiger partial charge in [0.05, 0.1) is 13.1 Å². The number of carbonyl (C=O) groups is 4. The van der Waals surface area contributed by atoms with E-state index in [9.17, 15) is 24.3 Å². The van der Waals surface area contributed by atoms with Gasteiger partial charge in [0.25, 0.3) is 0 Å². The number of piperazine rings is 1. The smallest absolute Gasteiger partial charge is 0.334 e. The molecule has 2 heterocycles. The molecule has 2 N–H and O–H groups in total. The first-order chi connectivity index (χ1) is 20.7. The Kier molecular flexibility index (Phi) is 8.87. The molecular formula is C33H35N5O5. The van der Waals surface area contributed by atoms with Gasteiger partial charge in [-0.15, -0.1) is 6.58 Å². The second kappa shape index (κ2) is 12.9. The molecule has 2 saturated heterocycles. The number of benzene rings is 3. The molecule has 0 radical (unpaired) electrons. The molecule has 0 spiro atoms. The Morgan fingerprint density at radius 2 is 1.70 bits per heavy atom. The van der Waals surface area contributed by atoms with E-state index in [-0.39, 0.29) is 62.5 Å². The third kappa shape index (κ3) is 6.60. The second-order valence-electron chi connectivity index (χ2n) is 10.8. The van der Waals surface area contributed by atoms with Gasteiger partial charge in [-0.1, -0.05) is 66.7 Å². The summed E-state index contributed by atoms with van der Waals surface area (Å²) in [7, 11) is 0. The predicted molar refractivity (Wildman–Crippen MR) is 160 cm³/mol. The molecule has 3 aromatic rings. The number of amides is 4. The van der Waals surface area contributed by atoms with Crippen molar-refractivity contribution in [3.63, 3.8) is 0 Å². The number of nitrogens with zero attached hydrogens (tertiary/aromatic N) is 4. The number of fused-ring (bicyclic) bond motifs is 1. The highest BCUT2D eigenvalue weighted by Crippen LogP contribution is 2.29. The van der Waals surface area contributed by atoms with E-state index in [1.807, 2.05) is 36.4 Å². The highest BCUT2D eigenvalue weighted by molar-refractivity contribution is 5.94. The van der Waals surface area contributed by atoms with Crippen LogP contribution in [0.4, 0.5) is 4.79 Å². The lowest BCUT2D eigenvalue weighted by atomic mass is 9.98. The topological polar surface area (TPSA) is 114 Å². The van der Waals surface area contributed by atoms with Crippen molar-refractivity contribution >= 4 is 23.6 Å². The summed E-state index contributed by atoms with van der Waals surface area (Å²) in [6.45, 7) is 6.03. The quantitative estimate of drug-likeness (QED) is 0.296. The number of aromatic hydroxyl groups is 1. The van der Waals surface area contributed by atoms with Crippen molar-refractivity contribution < 1.29 is 24.3 Å². The molecular weight excluding hydrogens is 546 g/mol. The summed E-state index contributed by atoms with van der Waals surface area (Å²) >= 11 is 0. The SMILES string of the molecule is C=CCN1CC(=O)N2C(Cc3ccc(O)cc3)C(=O)N(Cc3cccc(C(C)=O)c3)CC2N1C(=O)NCc1ccccc1. The largest absolute Gasteiger partial charge is 0.508 e. The van der Waals surface area contributed by atoms with Crippen LogP contribution in [-0.4, -0.2) is 80.4 Å². The van der Waals surface area contributed by atoms with Crippen molar-refractivity contribution in [2.45, 2.75) is 38.6 Å². The summed E-state index contributed by atoms with van der Waals surface area (Å²) in [5, 5.41) is 15.9. The van der Waals surface area contributed by atoms with Crippen molar-refractivity contribution in [2.75, 3.05) is 19.6 Å². The Bertz CT molecular complexity index is 1510. The van der Waals surface area contributed by atoms with Crippen LogP contribution in [0.1, 0.15) is 34.0 Å². The van der Waals surface area contributed by atoms with Gasteiger partial charge in [0.2, 0.25) is 11.8 Å². The number of urea groups is 1. The highest BCUT2D eigenvalue weighted by atomic mass is 16.3. The van der Waals surface area contributed by atoms with Gasteiger partial charge in [0.1, 0.15) is 18.0 Å². The Morgan fingerprint density at radius 3 is 2.40 bits per heavy atom. The molecule has 3 aromatic carbocycles. The van der Waals surface area contributed by atoms with Gasteiger partial charge in [-0.25, -0.2) is 14.8 Å². The third-order valence-corrected chi connectivity index (χ3v) is 7.74. The zero-order valence-corrected chi connectivity index (χ0v) is 24.1. The van der Waals surface area contributed by atoms with Crippen LogP contribution >= 0.6 is 0 Å². The Balaban J connectivity index is 1.50. The number of phenolic OH excluding ortho intramolecular Hbond substituents is 1. The fourth-order valence-electron chi connectivity index (χ4n) is 5.66. The van der Waals surface area contributed by atoms with Crippen LogP contribution in [0.15, 0.2) is 91.5 Å². The average molecular weight is 582 g/mol. The number of phenols is 1. The van der Waals surface area contributed by atoms with E-state index in [1.165, 1.54) is 29.0 Å². The Hall–Kier alpha value is -4.96. The molecule has 0 saturated carbocycles. The fourth-order valence-corrected chi connectivity index (χ4v) is 5.66. The zero-order chi connectivity index (χ0) is 30.5. The summed E-state index contributed by atoms with van der Waals surface area (Å²) < 4.78 is 0. The monoisotopic (exact) mass is 581 g/mol. The van der Waals surface area contributed by atoms with Crippen LogP contribution in [0, 0.1) is 0 Å². The number of rotatable bonds is 9. The average Bonchev–Trinajstić information content (AvgIpc) is 3.00. The van der Waals surface area contributed by atoms with Crippen LogP contribution in [-0.2, 0) is 29.1 Å². The molecule has 43 heavy (non-hydrogen) atoms. The van der Waals surface area contributed by atoms with E-state index in [2.05, 4.69) is 11.9 Å². The van der Waals surface area contributed by atoms with E-state index in [0.717, 1.165) is 16.7 Å². The summed E-state index contributed by atoms with van der Waals surface area (Å²) in [6, 6.07) is 21.9. The molecule has 222 valence electrons. The minimum absolute atomic E-state index is 0.0767. The highest BCUT2D eigenvalue weighted by Gasteiger charge is 2.51. The predicted octanol–water partition coefficient (Wildman–Crippen LogP) is 3.33. The third-order valence-electron chi connectivity index (χ3n) is 7.74. The number of nitrogens with one attached hydrogen (secondary N) is 1. The van der Waals surface area contributed by atoms with E-state index in [0.29, 0.717) is 5.56 Å². The van der Waals surface area contributed by atoms with E-state index in [4.69, 9.17) is 0 Å². The first-order valence-corrected chi connectivity index (χ1v) is 14.2. The molecule has 0 aliphatic carbocycles. The molecule has 2 aliphatic heterocycles. The van der Waals surface area contributed by atoms with Crippen LogP contribution in [0.3, 0.4) is 0 Å². The van der Waals surface area contributed by atoms with Gasteiger partial charge >= 0.3 is 6.03 Å². The summed E-state index contributed by atoms with van der Waals surface area (Å²) in [5.74, 6) is -0.511. The zero-order valence-electron chi connectivity index (χ0n) is 24.1. The van der Waals surface area contributed by atoms with Crippen molar-refractivity contribution in [2.24, 2.45) is 0 Å². The van der Waals surface area contributed by atoms with Crippen molar-refractivity contribution in [3.05, 3.63) is 114 Å². The summed E-state index contributed by atoms with van der Waals surface area (Å²) in [4.78, 5) is 56.8. The van der Waals surface area contributed by atoms with E-state index in [1.54, 1.807) is 46.3 Å². The van der Waals surface area contributed by atoms with Crippen LogP contribution in [0.2, 0.25) is 0 Å². The van der Waals surface area contributed by atoms with Gasteiger partial charge in [-0.3, -0.25) is 14.4 Å². The molecule has 2 unspecified atom stereocenters. The van der Waals surface area contributed by atoms with Crippen molar-refractivity contribution in [3.8, 4) is 5.75 Å². The number of Topliss-reactive ketones (excluding diaryl/α,β-unsaturated/α-hetero) is 1. The van der Waals surface area contributed by atoms with Crippen LogP contribution < -0.4 is 5.32 Å². The fraction of sp³-hybridized carbons (Fsp3) is 0.273.